The van der Waals surface area contributed by atoms with Crippen molar-refractivity contribution in [3.8, 4) is 6.07 Å². The predicted molar refractivity (Wildman–Crippen MR) is 179 cm³/mol. The third-order valence-corrected chi connectivity index (χ3v) is 10.3. The molecule has 3 aliphatic rings. The fourth-order valence-corrected chi connectivity index (χ4v) is 7.71. The topological polar surface area (TPSA) is 123 Å². The zero-order valence-corrected chi connectivity index (χ0v) is 28.7. The van der Waals surface area contributed by atoms with E-state index in [4.69, 9.17) is 9.47 Å². The molecule has 0 radical (unpaired) electrons. The molecule has 0 aromatic heterocycles. The molecular formula is C37H59N3O6. The largest absolute Gasteiger partial charge is 0.464 e. The van der Waals surface area contributed by atoms with Crippen molar-refractivity contribution in [1.82, 2.24) is 9.80 Å². The number of nitriles is 1. The molecule has 1 aliphatic carbocycles. The van der Waals surface area contributed by atoms with Crippen molar-refractivity contribution in [2.75, 3.05) is 45.9 Å². The standard InChI is InChI=1S/C37H59N3O6/c1-6-14-39-15-17-40(18-16-39)19-20-45-37(44)32-12-9-11-31(32)34-13-8-7-10-30(25-38)36(43)29(5)23-27(3)21-26(2)22-28(4)33(41)24-35(42)46-34/h6-8,10,26-29,31-34,36,41,43H,1,9,11-24H2,2-5H3/b8-7+,30-10-/t26-,27+,28-,29-,31+,32+,33-,34-,36+/m0/s1. The van der Waals surface area contributed by atoms with Crippen LogP contribution in [0.1, 0.15) is 79.1 Å². The molecule has 0 aromatic carbocycles. The first-order valence-electron chi connectivity index (χ1n) is 17.6. The Balaban J connectivity index is 1.70. The van der Waals surface area contributed by atoms with E-state index in [2.05, 4.69) is 36.3 Å². The van der Waals surface area contributed by atoms with Gasteiger partial charge in [-0.05, 0) is 61.9 Å². The van der Waals surface area contributed by atoms with Gasteiger partial charge in [-0.3, -0.25) is 19.4 Å². The van der Waals surface area contributed by atoms with Gasteiger partial charge in [-0.2, -0.15) is 5.26 Å². The van der Waals surface area contributed by atoms with E-state index < -0.39 is 24.3 Å². The molecule has 2 fully saturated rings. The summed E-state index contributed by atoms with van der Waals surface area (Å²) in [5.41, 5.74) is 0.305. The molecule has 0 amide bonds. The van der Waals surface area contributed by atoms with Gasteiger partial charge in [0.15, 0.2) is 0 Å². The van der Waals surface area contributed by atoms with Crippen LogP contribution < -0.4 is 0 Å². The van der Waals surface area contributed by atoms with Gasteiger partial charge in [0.25, 0.3) is 0 Å². The Bertz CT molecular complexity index is 1080. The van der Waals surface area contributed by atoms with E-state index in [-0.39, 0.29) is 36.1 Å². The van der Waals surface area contributed by atoms with Crippen molar-refractivity contribution < 1.29 is 29.3 Å². The molecule has 0 unspecified atom stereocenters. The molecule has 0 spiro atoms. The lowest BCUT2D eigenvalue weighted by Gasteiger charge is -2.34. The number of ether oxygens (including phenoxy) is 2. The van der Waals surface area contributed by atoms with Crippen LogP contribution in [-0.4, -0.2) is 96.1 Å². The first kappa shape index (κ1) is 37.9. The summed E-state index contributed by atoms with van der Waals surface area (Å²) in [5.74, 6) is -0.768. The first-order valence-corrected chi connectivity index (χ1v) is 17.6. The Morgan fingerprint density at radius 2 is 1.74 bits per heavy atom. The van der Waals surface area contributed by atoms with Crippen LogP contribution in [0.5, 0.6) is 0 Å². The van der Waals surface area contributed by atoms with E-state index >= 15 is 0 Å². The van der Waals surface area contributed by atoms with Gasteiger partial charge >= 0.3 is 11.9 Å². The highest BCUT2D eigenvalue weighted by Gasteiger charge is 2.41. The number of cyclic esters (lactones) is 1. The molecule has 258 valence electrons. The molecule has 2 aliphatic heterocycles. The quantitative estimate of drug-likeness (QED) is 0.295. The number of carbonyl (C=O) groups excluding carboxylic acids is 2. The van der Waals surface area contributed by atoms with Crippen LogP contribution in [-0.2, 0) is 19.1 Å². The van der Waals surface area contributed by atoms with Crippen LogP contribution in [0.3, 0.4) is 0 Å². The Kier molecular flexibility index (Phi) is 16.0. The lowest BCUT2D eigenvalue weighted by molar-refractivity contribution is -0.161. The number of aliphatic hydroxyl groups excluding tert-OH is 2. The van der Waals surface area contributed by atoms with Crippen LogP contribution in [0.25, 0.3) is 0 Å². The summed E-state index contributed by atoms with van der Waals surface area (Å²) < 4.78 is 11.8. The number of aliphatic hydroxyl groups is 2. The maximum absolute atomic E-state index is 13.3. The first-order chi connectivity index (χ1) is 22.0. The number of piperazine rings is 1. The highest BCUT2D eigenvalue weighted by molar-refractivity contribution is 5.74. The summed E-state index contributed by atoms with van der Waals surface area (Å²) in [6.07, 6.45) is 9.89. The highest BCUT2D eigenvalue weighted by atomic mass is 16.5. The van der Waals surface area contributed by atoms with E-state index in [9.17, 15) is 25.1 Å². The number of allylic oxidation sites excluding steroid dienone is 2. The summed E-state index contributed by atoms with van der Waals surface area (Å²) in [6, 6.07) is 2.16. The van der Waals surface area contributed by atoms with Crippen molar-refractivity contribution in [3.63, 3.8) is 0 Å². The summed E-state index contributed by atoms with van der Waals surface area (Å²) in [5, 5.41) is 31.6. The SMILES string of the molecule is C=CCN1CCN(CCOC(=O)[C@@H]2CCC[C@H]2[C@@H]2C/C=C/C=C(/C#N)[C@H](O)[C@@H](C)C[C@H](C)C[C@H](C)C[C@H](C)[C@@H](O)CC(=O)O2)CC1. The second-order valence-corrected chi connectivity index (χ2v) is 14.3. The molecule has 1 saturated heterocycles. The summed E-state index contributed by atoms with van der Waals surface area (Å²) in [4.78, 5) is 31.2. The summed E-state index contributed by atoms with van der Waals surface area (Å²) >= 11 is 0. The van der Waals surface area contributed by atoms with E-state index in [1.165, 1.54) is 0 Å². The number of carbonyl (C=O) groups is 2. The molecule has 9 nitrogen and oxygen atoms in total. The van der Waals surface area contributed by atoms with Crippen LogP contribution in [0.2, 0.25) is 0 Å². The molecule has 0 aromatic rings. The van der Waals surface area contributed by atoms with Gasteiger partial charge in [0, 0.05) is 51.6 Å². The van der Waals surface area contributed by atoms with E-state index in [0.717, 1.165) is 64.8 Å². The average molecular weight is 642 g/mol. The van der Waals surface area contributed by atoms with Crippen molar-refractivity contribution in [3.05, 3.63) is 36.5 Å². The fraction of sp³-hybridized carbons (Fsp3) is 0.757. The smallest absolute Gasteiger partial charge is 0.309 e. The van der Waals surface area contributed by atoms with E-state index in [1.807, 2.05) is 26.0 Å². The van der Waals surface area contributed by atoms with E-state index in [1.54, 1.807) is 12.2 Å². The predicted octanol–water partition coefficient (Wildman–Crippen LogP) is 4.90. The number of hydrogen-bond acceptors (Lipinski definition) is 9. The molecule has 9 heteroatoms. The number of rotatable bonds is 7. The van der Waals surface area contributed by atoms with Crippen molar-refractivity contribution in [1.29, 1.82) is 5.26 Å². The molecule has 2 N–H and O–H groups in total. The molecule has 9 atom stereocenters. The second kappa shape index (κ2) is 19.3. The van der Waals surface area contributed by atoms with Gasteiger partial charge in [0.2, 0.25) is 0 Å². The van der Waals surface area contributed by atoms with Gasteiger partial charge in [-0.25, -0.2) is 0 Å². The molecular weight excluding hydrogens is 582 g/mol. The minimum absolute atomic E-state index is 0.0794. The summed E-state index contributed by atoms with van der Waals surface area (Å²) in [6.45, 7) is 17.8. The van der Waals surface area contributed by atoms with Gasteiger partial charge < -0.3 is 19.7 Å². The van der Waals surface area contributed by atoms with Gasteiger partial charge in [0.05, 0.1) is 36.2 Å². The van der Waals surface area contributed by atoms with Crippen LogP contribution in [0, 0.1) is 46.8 Å². The Labute approximate surface area is 277 Å². The normalized spacial score (nSPS) is 36.7. The summed E-state index contributed by atoms with van der Waals surface area (Å²) in [7, 11) is 0. The average Bonchev–Trinajstić information content (AvgIpc) is 3.50. The van der Waals surface area contributed by atoms with E-state index in [0.29, 0.717) is 43.4 Å². The van der Waals surface area contributed by atoms with Crippen molar-refractivity contribution in [2.45, 2.75) is 97.4 Å². The lowest BCUT2D eigenvalue weighted by Crippen LogP contribution is -2.47. The molecule has 0 bridgehead atoms. The zero-order chi connectivity index (χ0) is 33.6. The van der Waals surface area contributed by atoms with Gasteiger partial charge in [-0.1, -0.05) is 52.3 Å². The van der Waals surface area contributed by atoms with Crippen LogP contribution in [0.15, 0.2) is 36.5 Å². The van der Waals surface area contributed by atoms with Gasteiger partial charge in [0.1, 0.15) is 12.7 Å². The minimum Gasteiger partial charge on any atom is -0.464 e. The minimum atomic E-state index is -0.870. The third kappa shape index (κ3) is 11.9. The number of nitrogens with zero attached hydrogens (tertiary/aromatic N) is 3. The monoisotopic (exact) mass is 641 g/mol. The molecule has 3 rings (SSSR count). The van der Waals surface area contributed by atoms with Crippen molar-refractivity contribution >= 4 is 11.9 Å². The Morgan fingerprint density at radius 3 is 2.41 bits per heavy atom. The van der Waals surface area contributed by atoms with Crippen LogP contribution in [0.4, 0.5) is 0 Å². The highest BCUT2D eigenvalue weighted by Crippen LogP contribution is 2.38. The Morgan fingerprint density at radius 1 is 1.07 bits per heavy atom. The fourth-order valence-electron chi connectivity index (χ4n) is 7.71. The molecule has 2 heterocycles. The van der Waals surface area contributed by atoms with Crippen LogP contribution >= 0.6 is 0 Å². The molecule has 1 saturated carbocycles. The lowest BCUT2D eigenvalue weighted by atomic mass is 9.82. The third-order valence-electron chi connectivity index (χ3n) is 10.3. The van der Waals surface area contributed by atoms with Crippen molar-refractivity contribution in [2.24, 2.45) is 35.5 Å². The number of esters is 2. The number of hydrogen-bond donors (Lipinski definition) is 2. The zero-order valence-electron chi connectivity index (χ0n) is 28.7. The molecule has 46 heavy (non-hydrogen) atoms. The van der Waals surface area contributed by atoms with Gasteiger partial charge in [-0.15, -0.1) is 6.58 Å². The maximum Gasteiger partial charge on any atom is 0.309 e. The second-order valence-electron chi connectivity index (χ2n) is 14.3. The Hall–Kier alpha value is -2.51. The maximum atomic E-state index is 13.3.